The fourth-order valence-corrected chi connectivity index (χ4v) is 2.42. The molecule has 2 rings (SSSR count). The summed E-state index contributed by atoms with van der Waals surface area (Å²) in [6.07, 6.45) is 6.82. The highest BCUT2D eigenvalue weighted by molar-refractivity contribution is 6.29. The van der Waals surface area contributed by atoms with Gasteiger partial charge in [-0.25, -0.2) is 4.98 Å². The van der Waals surface area contributed by atoms with E-state index in [1.165, 1.54) is 12.8 Å². The molecule has 1 saturated carbocycles. The van der Waals surface area contributed by atoms with Crippen molar-refractivity contribution in [2.75, 3.05) is 12.4 Å². The second-order valence-electron chi connectivity index (χ2n) is 4.18. The first-order valence-corrected chi connectivity index (χ1v) is 6.08. The second-order valence-corrected chi connectivity index (χ2v) is 4.56. The molecule has 4 heteroatoms. The smallest absolute Gasteiger partial charge is 0.131 e. The van der Waals surface area contributed by atoms with Gasteiger partial charge >= 0.3 is 0 Å². The summed E-state index contributed by atoms with van der Waals surface area (Å²) in [7, 11) is 1.78. The molecule has 0 radical (unpaired) electrons. The fraction of sp³-hybridized carbons (Fsp3) is 0.583. The average Bonchev–Trinajstić information content (AvgIpc) is 2.30. The number of nitrogens with zero attached hydrogens (tertiary/aromatic N) is 1. The zero-order valence-electron chi connectivity index (χ0n) is 9.45. The van der Waals surface area contributed by atoms with Crippen LogP contribution in [0.3, 0.4) is 0 Å². The summed E-state index contributed by atoms with van der Waals surface area (Å²) >= 11 is 5.85. The Morgan fingerprint density at radius 1 is 1.44 bits per heavy atom. The first-order valence-electron chi connectivity index (χ1n) is 5.70. The quantitative estimate of drug-likeness (QED) is 0.825. The Bertz CT molecular complexity index is 346. The van der Waals surface area contributed by atoms with E-state index in [4.69, 9.17) is 16.3 Å². The van der Waals surface area contributed by atoms with Crippen LogP contribution in [0, 0.1) is 0 Å². The minimum atomic E-state index is 0.306. The topological polar surface area (TPSA) is 34.1 Å². The number of ether oxygens (including phenoxy) is 1. The van der Waals surface area contributed by atoms with E-state index in [9.17, 15) is 0 Å². The maximum Gasteiger partial charge on any atom is 0.131 e. The fourth-order valence-electron chi connectivity index (χ4n) is 2.25. The van der Waals surface area contributed by atoms with E-state index in [0.717, 1.165) is 18.5 Å². The predicted molar refractivity (Wildman–Crippen MR) is 65.9 cm³/mol. The van der Waals surface area contributed by atoms with Gasteiger partial charge in [0.15, 0.2) is 0 Å². The predicted octanol–water partition coefficient (Wildman–Crippen LogP) is 3.10. The zero-order chi connectivity index (χ0) is 11.4. The number of pyridine rings is 1. The van der Waals surface area contributed by atoms with Gasteiger partial charge in [-0.05, 0) is 25.0 Å². The van der Waals surface area contributed by atoms with Gasteiger partial charge in [0.1, 0.15) is 5.15 Å². The van der Waals surface area contributed by atoms with Crippen molar-refractivity contribution in [3.05, 3.63) is 23.5 Å². The number of nitrogens with one attached hydrogen (secondary N) is 1. The van der Waals surface area contributed by atoms with Gasteiger partial charge in [-0.15, -0.1) is 0 Å². The molecule has 3 nitrogen and oxygen atoms in total. The average molecular weight is 241 g/mol. The highest BCUT2D eigenvalue weighted by Gasteiger charge is 2.24. The van der Waals surface area contributed by atoms with E-state index in [2.05, 4.69) is 10.3 Å². The van der Waals surface area contributed by atoms with E-state index in [0.29, 0.717) is 17.3 Å². The molecule has 1 aliphatic rings. The highest BCUT2D eigenvalue weighted by Crippen LogP contribution is 2.24. The molecule has 0 spiro atoms. The standard InChI is InChI=1S/C12H17ClN2O/c1-16-11-5-3-2-4-10(11)15-9-6-7-14-12(13)8-9/h6-8,10-11H,2-5H2,1H3,(H,14,15). The van der Waals surface area contributed by atoms with Gasteiger partial charge in [0.25, 0.3) is 0 Å². The molecule has 0 amide bonds. The Labute approximate surface area is 101 Å². The SMILES string of the molecule is COC1CCCCC1Nc1ccnc(Cl)c1. The van der Waals surface area contributed by atoms with E-state index < -0.39 is 0 Å². The summed E-state index contributed by atoms with van der Waals surface area (Å²) in [5.74, 6) is 0. The Morgan fingerprint density at radius 2 is 2.25 bits per heavy atom. The molecule has 2 atom stereocenters. The molecule has 16 heavy (non-hydrogen) atoms. The summed E-state index contributed by atoms with van der Waals surface area (Å²) in [6, 6.07) is 4.17. The van der Waals surface area contributed by atoms with Crippen LogP contribution in [-0.4, -0.2) is 24.2 Å². The van der Waals surface area contributed by atoms with Crippen molar-refractivity contribution in [3.8, 4) is 0 Å². The van der Waals surface area contributed by atoms with Gasteiger partial charge in [-0.3, -0.25) is 0 Å². The van der Waals surface area contributed by atoms with Crippen molar-refractivity contribution >= 4 is 17.3 Å². The summed E-state index contributed by atoms with van der Waals surface area (Å²) in [5, 5.41) is 4.00. The van der Waals surface area contributed by atoms with Crippen LogP contribution in [0.1, 0.15) is 25.7 Å². The van der Waals surface area contributed by atoms with Gasteiger partial charge in [0.2, 0.25) is 0 Å². The number of hydrogen-bond donors (Lipinski definition) is 1. The van der Waals surface area contributed by atoms with Gasteiger partial charge in [0.05, 0.1) is 12.1 Å². The van der Waals surface area contributed by atoms with Crippen LogP contribution in [0.25, 0.3) is 0 Å². The minimum Gasteiger partial charge on any atom is -0.380 e. The maximum absolute atomic E-state index is 5.85. The Kier molecular flexibility index (Phi) is 4.02. The molecule has 0 aliphatic heterocycles. The molecule has 0 aromatic carbocycles. The lowest BCUT2D eigenvalue weighted by Gasteiger charge is -2.31. The summed E-state index contributed by atoms with van der Waals surface area (Å²) in [6.45, 7) is 0. The van der Waals surface area contributed by atoms with Crippen molar-refractivity contribution < 1.29 is 4.74 Å². The van der Waals surface area contributed by atoms with E-state index in [1.807, 2.05) is 12.1 Å². The lowest BCUT2D eigenvalue weighted by molar-refractivity contribution is 0.0606. The molecule has 2 unspecified atom stereocenters. The van der Waals surface area contributed by atoms with Crippen molar-refractivity contribution in [1.82, 2.24) is 4.98 Å². The lowest BCUT2D eigenvalue weighted by atomic mass is 9.92. The number of rotatable bonds is 3. The van der Waals surface area contributed by atoms with Gasteiger partial charge in [0, 0.05) is 19.0 Å². The number of aromatic nitrogens is 1. The number of methoxy groups -OCH3 is 1. The molecule has 1 heterocycles. The third kappa shape index (κ3) is 2.86. The number of hydrogen-bond acceptors (Lipinski definition) is 3. The van der Waals surface area contributed by atoms with Crippen molar-refractivity contribution in [2.45, 2.75) is 37.8 Å². The Balaban J connectivity index is 2.02. The van der Waals surface area contributed by atoms with Crippen LogP contribution in [0.4, 0.5) is 5.69 Å². The Morgan fingerprint density at radius 3 is 3.00 bits per heavy atom. The third-order valence-electron chi connectivity index (χ3n) is 3.08. The summed E-state index contributed by atoms with van der Waals surface area (Å²) < 4.78 is 5.50. The summed E-state index contributed by atoms with van der Waals surface area (Å²) in [5.41, 5.74) is 1.02. The van der Waals surface area contributed by atoms with Gasteiger partial charge in [-0.2, -0.15) is 0 Å². The minimum absolute atomic E-state index is 0.306. The van der Waals surface area contributed by atoms with Gasteiger partial charge in [-0.1, -0.05) is 24.4 Å². The van der Waals surface area contributed by atoms with Crippen LogP contribution in [0.5, 0.6) is 0 Å². The molecule has 0 bridgehead atoms. The van der Waals surface area contributed by atoms with E-state index >= 15 is 0 Å². The first kappa shape index (κ1) is 11.7. The molecule has 1 aliphatic carbocycles. The van der Waals surface area contributed by atoms with Gasteiger partial charge < -0.3 is 10.1 Å². The molecule has 1 aromatic rings. The molecule has 0 saturated heterocycles. The summed E-state index contributed by atoms with van der Waals surface area (Å²) in [4.78, 5) is 3.97. The molecule has 88 valence electrons. The normalized spacial score (nSPS) is 25.4. The van der Waals surface area contributed by atoms with Crippen molar-refractivity contribution in [3.63, 3.8) is 0 Å². The van der Waals surface area contributed by atoms with E-state index in [-0.39, 0.29) is 0 Å². The van der Waals surface area contributed by atoms with Crippen molar-refractivity contribution in [2.24, 2.45) is 0 Å². The molecular formula is C12H17ClN2O. The highest BCUT2D eigenvalue weighted by atomic mass is 35.5. The second kappa shape index (κ2) is 5.51. The number of halogens is 1. The van der Waals surface area contributed by atoms with Crippen LogP contribution >= 0.6 is 11.6 Å². The van der Waals surface area contributed by atoms with Crippen LogP contribution in [0.2, 0.25) is 5.15 Å². The Hall–Kier alpha value is -0.800. The van der Waals surface area contributed by atoms with Crippen LogP contribution < -0.4 is 5.32 Å². The van der Waals surface area contributed by atoms with Crippen molar-refractivity contribution in [1.29, 1.82) is 0 Å². The van der Waals surface area contributed by atoms with Crippen LogP contribution in [0.15, 0.2) is 18.3 Å². The molecule has 1 fully saturated rings. The third-order valence-corrected chi connectivity index (χ3v) is 3.29. The van der Waals surface area contributed by atoms with E-state index in [1.54, 1.807) is 13.3 Å². The number of anilines is 1. The molecular weight excluding hydrogens is 224 g/mol. The largest absolute Gasteiger partial charge is 0.380 e. The zero-order valence-corrected chi connectivity index (χ0v) is 10.2. The first-order chi connectivity index (χ1) is 7.79. The molecule has 1 N–H and O–H groups in total. The lowest BCUT2D eigenvalue weighted by Crippen LogP contribution is -2.37. The van der Waals surface area contributed by atoms with Crippen LogP contribution in [-0.2, 0) is 4.74 Å². The maximum atomic E-state index is 5.85. The monoisotopic (exact) mass is 240 g/mol. The molecule has 1 aromatic heterocycles.